The van der Waals surface area contributed by atoms with Crippen molar-refractivity contribution in [1.29, 1.82) is 0 Å². The van der Waals surface area contributed by atoms with E-state index < -0.39 is 0 Å². The molecule has 4 nitrogen and oxygen atoms in total. The Morgan fingerprint density at radius 2 is 1.95 bits per heavy atom. The van der Waals surface area contributed by atoms with Crippen LogP contribution in [-0.2, 0) is 4.79 Å². The predicted octanol–water partition coefficient (Wildman–Crippen LogP) is 1.96. The van der Waals surface area contributed by atoms with Gasteiger partial charge >= 0.3 is 0 Å². The monoisotopic (exact) mass is 273 g/mol. The number of hydrogen-bond donors (Lipinski definition) is 1. The molecule has 1 amide bonds. The van der Waals surface area contributed by atoms with E-state index in [1.54, 1.807) is 0 Å². The summed E-state index contributed by atoms with van der Waals surface area (Å²) < 4.78 is 0. The molecule has 2 fully saturated rings. The summed E-state index contributed by atoms with van der Waals surface area (Å²) in [5.41, 5.74) is 7.78. The maximum absolute atomic E-state index is 12.4. The average molecular weight is 273 g/mol. The number of nitrogens with two attached hydrogens (primary N) is 1. The normalized spacial score (nSPS) is 20.9. The molecule has 1 unspecified atom stereocenters. The lowest BCUT2D eigenvalue weighted by atomic mass is 10.0. The molecule has 1 heterocycles. The van der Waals surface area contributed by atoms with E-state index in [4.69, 9.17) is 5.73 Å². The van der Waals surface area contributed by atoms with Crippen LogP contribution in [-0.4, -0.2) is 37.0 Å². The van der Waals surface area contributed by atoms with Gasteiger partial charge in [-0.3, -0.25) is 4.79 Å². The molecular formula is C16H23N3O. The molecule has 2 aliphatic rings. The minimum Gasteiger partial charge on any atom is -0.399 e. The van der Waals surface area contributed by atoms with Crippen molar-refractivity contribution in [2.45, 2.75) is 19.8 Å². The van der Waals surface area contributed by atoms with Gasteiger partial charge in [-0.25, -0.2) is 0 Å². The highest BCUT2D eigenvalue weighted by Gasteiger charge is 2.35. The van der Waals surface area contributed by atoms with Crippen LogP contribution in [0.15, 0.2) is 24.3 Å². The highest BCUT2D eigenvalue weighted by Crippen LogP contribution is 2.37. The highest BCUT2D eigenvalue weighted by molar-refractivity contribution is 5.79. The lowest BCUT2D eigenvalue weighted by molar-refractivity contribution is -0.135. The number of piperazine rings is 1. The molecule has 1 saturated heterocycles. The van der Waals surface area contributed by atoms with Gasteiger partial charge in [0.2, 0.25) is 5.91 Å². The third-order valence-corrected chi connectivity index (χ3v) is 4.55. The summed E-state index contributed by atoms with van der Waals surface area (Å²) in [6.07, 6.45) is 2.46. The fourth-order valence-electron chi connectivity index (χ4n) is 2.99. The van der Waals surface area contributed by atoms with E-state index in [1.807, 2.05) is 23.1 Å². The Bertz CT molecular complexity index is 490. The molecule has 1 aromatic rings. The Morgan fingerprint density at radius 1 is 1.25 bits per heavy atom. The van der Waals surface area contributed by atoms with Crippen LogP contribution in [0.4, 0.5) is 11.4 Å². The van der Waals surface area contributed by atoms with E-state index in [9.17, 15) is 4.79 Å². The van der Waals surface area contributed by atoms with Crippen molar-refractivity contribution in [3.63, 3.8) is 0 Å². The van der Waals surface area contributed by atoms with Gasteiger partial charge in [-0.15, -0.1) is 0 Å². The van der Waals surface area contributed by atoms with Crippen molar-refractivity contribution >= 4 is 17.3 Å². The number of hydrogen-bond acceptors (Lipinski definition) is 3. The van der Waals surface area contributed by atoms with Gasteiger partial charge < -0.3 is 15.5 Å². The first-order valence-electron chi connectivity index (χ1n) is 7.54. The quantitative estimate of drug-likeness (QED) is 0.857. The van der Waals surface area contributed by atoms with E-state index in [-0.39, 0.29) is 5.92 Å². The number of carbonyl (C=O) groups is 1. The molecule has 1 aliphatic carbocycles. The Balaban J connectivity index is 1.57. The minimum absolute atomic E-state index is 0.217. The van der Waals surface area contributed by atoms with Crippen molar-refractivity contribution in [2.24, 2.45) is 11.8 Å². The van der Waals surface area contributed by atoms with Crippen LogP contribution in [0.3, 0.4) is 0 Å². The second-order valence-electron chi connectivity index (χ2n) is 6.03. The zero-order valence-corrected chi connectivity index (χ0v) is 12.1. The molecule has 1 aliphatic heterocycles. The van der Waals surface area contributed by atoms with Crippen molar-refractivity contribution in [3.05, 3.63) is 24.3 Å². The molecule has 3 rings (SSSR count). The Hall–Kier alpha value is -1.71. The molecule has 1 saturated carbocycles. The van der Waals surface area contributed by atoms with Gasteiger partial charge in [0.05, 0.1) is 0 Å². The number of anilines is 2. The largest absolute Gasteiger partial charge is 0.399 e. The van der Waals surface area contributed by atoms with Gasteiger partial charge in [-0.1, -0.05) is 13.0 Å². The summed E-state index contributed by atoms with van der Waals surface area (Å²) in [6, 6.07) is 7.98. The topological polar surface area (TPSA) is 49.6 Å². The summed E-state index contributed by atoms with van der Waals surface area (Å²) in [7, 11) is 0. The third kappa shape index (κ3) is 2.74. The van der Waals surface area contributed by atoms with Crippen LogP contribution in [0, 0.1) is 11.8 Å². The fourth-order valence-corrected chi connectivity index (χ4v) is 2.99. The first-order chi connectivity index (χ1) is 9.65. The number of nitrogens with zero attached hydrogens (tertiary/aromatic N) is 2. The van der Waals surface area contributed by atoms with E-state index in [0.717, 1.165) is 37.6 Å². The molecule has 20 heavy (non-hydrogen) atoms. The van der Waals surface area contributed by atoms with Crippen LogP contribution in [0.25, 0.3) is 0 Å². The van der Waals surface area contributed by atoms with Gasteiger partial charge in [0.15, 0.2) is 0 Å². The van der Waals surface area contributed by atoms with E-state index in [1.165, 1.54) is 12.8 Å². The van der Waals surface area contributed by atoms with E-state index in [0.29, 0.717) is 11.8 Å². The Kier molecular flexibility index (Phi) is 3.55. The summed E-state index contributed by atoms with van der Waals surface area (Å²) in [4.78, 5) is 16.7. The molecular weight excluding hydrogens is 250 g/mol. The van der Waals surface area contributed by atoms with Crippen LogP contribution < -0.4 is 10.6 Å². The molecule has 1 aromatic carbocycles. The zero-order chi connectivity index (χ0) is 14.1. The lowest BCUT2D eigenvalue weighted by Gasteiger charge is -2.37. The van der Waals surface area contributed by atoms with Crippen molar-refractivity contribution in [1.82, 2.24) is 4.90 Å². The first-order valence-corrected chi connectivity index (χ1v) is 7.54. The summed E-state index contributed by atoms with van der Waals surface area (Å²) in [5, 5.41) is 0. The fraction of sp³-hybridized carbons (Fsp3) is 0.562. The minimum atomic E-state index is 0.217. The lowest BCUT2D eigenvalue weighted by Crippen LogP contribution is -2.50. The Morgan fingerprint density at radius 3 is 2.55 bits per heavy atom. The van der Waals surface area contributed by atoms with Gasteiger partial charge in [0.1, 0.15) is 0 Å². The van der Waals surface area contributed by atoms with Gasteiger partial charge in [-0.2, -0.15) is 0 Å². The number of carbonyl (C=O) groups excluding carboxylic acids is 1. The van der Waals surface area contributed by atoms with Crippen molar-refractivity contribution < 1.29 is 4.79 Å². The Labute approximate surface area is 120 Å². The summed E-state index contributed by atoms with van der Waals surface area (Å²) in [5.74, 6) is 1.21. The van der Waals surface area contributed by atoms with Gasteiger partial charge in [0, 0.05) is 43.5 Å². The van der Waals surface area contributed by atoms with E-state index >= 15 is 0 Å². The number of amides is 1. The molecule has 0 bridgehead atoms. The van der Waals surface area contributed by atoms with Crippen LogP contribution in [0.2, 0.25) is 0 Å². The van der Waals surface area contributed by atoms with Crippen LogP contribution >= 0.6 is 0 Å². The molecule has 1 atom stereocenters. The second kappa shape index (κ2) is 5.35. The molecule has 108 valence electrons. The smallest absolute Gasteiger partial charge is 0.225 e. The highest BCUT2D eigenvalue weighted by atomic mass is 16.2. The third-order valence-electron chi connectivity index (χ3n) is 4.55. The summed E-state index contributed by atoms with van der Waals surface area (Å²) >= 11 is 0. The number of nitrogen functional groups attached to an aromatic ring is 1. The van der Waals surface area contributed by atoms with Crippen LogP contribution in [0.1, 0.15) is 19.8 Å². The number of benzene rings is 1. The van der Waals surface area contributed by atoms with Gasteiger partial charge in [-0.05, 0) is 37.0 Å². The number of rotatable bonds is 3. The van der Waals surface area contributed by atoms with Gasteiger partial charge in [0.25, 0.3) is 0 Å². The molecule has 0 aromatic heterocycles. The SMILES string of the molecule is CC(C(=O)N1CCN(c2cccc(N)c2)CC1)C1CC1. The summed E-state index contributed by atoms with van der Waals surface area (Å²) in [6.45, 7) is 5.53. The zero-order valence-electron chi connectivity index (χ0n) is 12.1. The maximum Gasteiger partial charge on any atom is 0.225 e. The molecule has 2 N–H and O–H groups in total. The average Bonchev–Trinajstić information content (AvgIpc) is 3.30. The predicted molar refractivity (Wildman–Crippen MR) is 81.5 cm³/mol. The van der Waals surface area contributed by atoms with Crippen molar-refractivity contribution in [2.75, 3.05) is 36.8 Å². The maximum atomic E-state index is 12.4. The van der Waals surface area contributed by atoms with Crippen LogP contribution in [0.5, 0.6) is 0 Å². The standard InChI is InChI=1S/C16H23N3O/c1-12(13-5-6-13)16(20)19-9-7-18(8-10-19)15-4-2-3-14(17)11-15/h2-4,11-13H,5-10,17H2,1H3. The van der Waals surface area contributed by atoms with Crippen molar-refractivity contribution in [3.8, 4) is 0 Å². The second-order valence-corrected chi connectivity index (χ2v) is 6.03. The first kappa shape index (κ1) is 13.3. The van der Waals surface area contributed by atoms with E-state index in [2.05, 4.69) is 17.9 Å². The molecule has 4 heteroatoms. The molecule has 0 spiro atoms. The molecule has 0 radical (unpaired) electrons.